The van der Waals surface area contributed by atoms with E-state index in [1.807, 2.05) is 17.0 Å². The van der Waals surface area contributed by atoms with Crippen LogP contribution in [0.2, 0.25) is 0 Å². The number of carbonyl (C=O) groups is 1. The Morgan fingerprint density at radius 1 is 1.22 bits per heavy atom. The molecule has 0 saturated carbocycles. The Hall–Kier alpha value is -3.03. The molecule has 1 aliphatic rings. The number of rotatable bonds is 9. The third kappa shape index (κ3) is 6.24. The van der Waals surface area contributed by atoms with Crippen molar-refractivity contribution in [2.24, 2.45) is 0 Å². The minimum atomic E-state index is -3.58. The molecule has 8 nitrogen and oxygen atoms in total. The summed E-state index contributed by atoms with van der Waals surface area (Å²) in [5, 5.41) is 11.9. The van der Waals surface area contributed by atoms with Gasteiger partial charge in [0.25, 0.3) is 0 Å². The van der Waals surface area contributed by atoms with E-state index >= 15 is 0 Å². The van der Waals surface area contributed by atoms with Crippen LogP contribution in [0.15, 0.2) is 66.1 Å². The van der Waals surface area contributed by atoms with E-state index in [-0.39, 0.29) is 17.3 Å². The van der Waals surface area contributed by atoms with Crippen molar-refractivity contribution in [2.45, 2.75) is 11.4 Å². The van der Waals surface area contributed by atoms with Crippen molar-refractivity contribution < 1.29 is 17.9 Å². The second-order valence-corrected chi connectivity index (χ2v) is 9.30. The number of nitriles is 1. The lowest BCUT2D eigenvalue weighted by Crippen LogP contribution is -2.40. The normalized spacial score (nSPS) is 14.6. The number of morpholine rings is 1. The average molecular weight is 455 g/mol. The van der Waals surface area contributed by atoms with Crippen molar-refractivity contribution in [1.82, 2.24) is 9.21 Å². The highest BCUT2D eigenvalue weighted by Crippen LogP contribution is 2.19. The summed E-state index contributed by atoms with van der Waals surface area (Å²) in [5.41, 5.74) is 2.01. The van der Waals surface area contributed by atoms with Crippen molar-refractivity contribution >= 4 is 21.6 Å². The molecule has 1 fully saturated rings. The third-order valence-corrected chi connectivity index (χ3v) is 6.88. The minimum Gasteiger partial charge on any atom is -0.379 e. The fourth-order valence-electron chi connectivity index (χ4n) is 3.41. The van der Waals surface area contributed by atoms with E-state index in [4.69, 9.17) is 10.00 Å². The highest BCUT2D eigenvalue weighted by atomic mass is 32.2. The number of amides is 1. The van der Waals surface area contributed by atoms with Crippen LogP contribution in [0.25, 0.3) is 0 Å². The van der Waals surface area contributed by atoms with Gasteiger partial charge < -0.3 is 10.1 Å². The molecule has 9 heteroatoms. The van der Waals surface area contributed by atoms with Gasteiger partial charge in [-0.25, -0.2) is 8.42 Å². The number of benzene rings is 2. The molecule has 0 aliphatic carbocycles. The van der Waals surface area contributed by atoms with E-state index in [2.05, 4.69) is 18.0 Å². The van der Waals surface area contributed by atoms with Gasteiger partial charge in [-0.05, 0) is 42.0 Å². The zero-order chi connectivity index (χ0) is 23.0. The maximum Gasteiger partial charge on any atom is 0.243 e. The molecule has 3 rings (SSSR count). The minimum absolute atomic E-state index is 0.122. The Bertz CT molecular complexity index is 1090. The highest BCUT2D eigenvalue weighted by Gasteiger charge is 2.26. The molecule has 2 aromatic carbocycles. The SMILES string of the molecule is C=CCN(CC(=O)Nc1ccc(S(=O)(=O)N2CCOCC2)cc1)Cc1cccc(C#N)c1. The lowest BCUT2D eigenvalue weighted by atomic mass is 10.1. The first-order valence-electron chi connectivity index (χ1n) is 10.2. The fraction of sp³-hybridized carbons (Fsp3) is 0.304. The van der Waals surface area contributed by atoms with E-state index in [0.29, 0.717) is 50.6 Å². The molecular formula is C23H26N4O4S. The van der Waals surface area contributed by atoms with E-state index in [0.717, 1.165) is 5.56 Å². The molecular weight excluding hydrogens is 428 g/mol. The molecule has 1 heterocycles. The van der Waals surface area contributed by atoms with Crippen molar-refractivity contribution in [3.8, 4) is 6.07 Å². The number of hydrogen-bond acceptors (Lipinski definition) is 6. The van der Waals surface area contributed by atoms with E-state index in [9.17, 15) is 13.2 Å². The molecule has 1 amide bonds. The van der Waals surface area contributed by atoms with E-state index < -0.39 is 10.0 Å². The number of nitrogens with one attached hydrogen (secondary N) is 1. The average Bonchev–Trinajstić information content (AvgIpc) is 2.80. The van der Waals surface area contributed by atoms with Crippen LogP contribution < -0.4 is 5.32 Å². The van der Waals surface area contributed by atoms with Crippen molar-refractivity contribution in [3.63, 3.8) is 0 Å². The monoisotopic (exact) mass is 454 g/mol. The Morgan fingerprint density at radius 3 is 2.59 bits per heavy atom. The number of carbonyl (C=O) groups excluding carboxylic acids is 1. The maximum absolute atomic E-state index is 12.7. The van der Waals surface area contributed by atoms with Crippen molar-refractivity contribution in [3.05, 3.63) is 72.3 Å². The molecule has 0 aromatic heterocycles. The second kappa shape index (κ2) is 11.0. The first-order chi connectivity index (χ1) is 15.4. The van der Waals surface area contributed by atoms with Crippen LogP contribution in [0.1, 0.15) is 11.1 Å². The first-order valence-corrected chi connectivity index (χ1v) is 11.7. The van der Waals surface area contributed by atoms with Gasteiger partial charge in [0.15, 0.2) is 0 Å². The fourth-order valence-corrected chi connectivity index (χ4v) is 4.82. The molecule has 0 unspecified atom stereocenters. The zero-order valence-corrected chi connectivity index (χ0v) is 18.6. The molecule has 0 radical (unpaired) electrons. The molecule has 0 atom stereocenters. The van der Waals surface area contributed by atoms with Crippen molar-refractivity contribution in [1.29, 1.82) is 5.26 Å². The smallest absolute Gasteiger partial charge is 0.243 e. The van der Waals surface area contributed by atoms with Crippen LogP contribution >= 0.6 is 0 Å². The number of anilines is 1. The summed E-state index contributed by atoms with van der Waals surface area (Å²) in [6, 6.07) is 15.5. The molecule has 0 spiro atoms. The lowest BCUT2D eigenvalue weighted by molar-refractivity contribution is -0.117. The van der Waals surface area contributed by atoms with Gasteiger partial charge in [-0.3, -0.25) is 9.69 Å². The molecule has 1 aliphatic heterocycles. The predicted molar refractivity (Wildman–Crippen MR) is 121 cm³/mol. The number of sulfonamides is 1. The topological polar surface area (TPSA) is 103 Å². The van der Waals surface area contributed by atoms with Gasteiger partial charge in [-0.1, -0.05) is 18.2 Å². The van der Waals surface area contributed by atoms with Crippen LogP contribution in [0.4, 0.5) is 5.69 Å². The Morgan fingerprint density at radius 2 is 1.94 bits per heavy atom. The summed E-state index contributed by atoms with van der Waals surface area (Å²) in [7, 11) is -3.58. The highest BCUT2D eigenvalue weighted by molar-refractivity contribution is 7.89. The van der Waals surface area contributed by atoms with Gasteiger partial charge in [0.1, 0.15) is 0 Å². The lowest BCUT2D eigenvalue weighted by Gasteiger charge is -2.26. The van der Waals surface area contributed by atoms with E-state index in [1.165, 1.54) is 16.4 Å². The van der Waals surface area contributed by atoms with Crippen LogP contribution in [0, 0.1) is 11.3 Å². The van der Waals surface area contributed by atoms with Gasteiger partial charge >= 0.3 is 0 Å². The van der Waals surface area contributed by atoms with Crippen LogP contribution in [-0.2, 0) is 26.1 Å². The summed E-state index contributed by atoms with van der Waals surface area (Å²) < 4.78 is 32.0. The molecule has 0 bridgehead atoms. The summed E-state index contributed by atoms with van der Waals surface area (Å²) in [4.78, 5) is 14.6. The Labute approximate surface area is 188 Å². The number of nitrogens with zero attached hydrogens (tertiary/aromatic N) is 3. The number of ether oxygens (including phenoxy) is 1. The third-order valence-electron chi connectivity index (χ3n) is 4.96. The Balaban J connectivity index is 1.61. The maximum atomic E-state index is 12.7. The quantitative estimate of drug-likeness (QED) is 0.583. The molecule has 168 valence electrons. The van der Waals surface area contributed by atoms with Gasteiger partial charge in [-0.2, -0.15) is 9.57 Å². The second-order valence-electron chi connectivity index (χ2n) is 7.36. The van der Waals surface area contributed by atoms with Gasteiger partial charge in [0.05, 0.1) is 36.3 Å². The van der Waals surface area contributed by atoms with Gasteiger partial charge in [-0.15, -0.1) is 6.58 Å². The van der Waals surface area contributed by atoms with Crippen LogP contribution in [0.5, 0.6) is 0 Å². The van der Waals surface area contributed by atoms with Crippen molar-refractivity contribution in [2.75, 3.05) is 44.7 Å². The molecule has 32 heavy (non-hydrogen) atoms. The standard InChI is InChI=1S/C23H26N4O4S/c1-2-10-26(17-20-5-3-4-19(15-20)16-24)18-23(28)25-21-6-8-22(9-7-21)32(29,30)27-11-13-31-14-12-27/h2-9,15H,1,10-14,17-18H2,(H,25,28). The summed E-state index contributed by atoms with van der Waals surface area (Å²) in [6.07, 6.45) is 1.71. The molecule has 1 N–H and O–H groups in total. The summed E-state index contributed by atoms with van der Waals surface area (Å²) in [6.45, 7) is 6.29. The number of hydrogen-bond donors (Lipinski definition) is 1. The predicted octanol–water partition coefficient (Wildman–Crippen LogP) is 2.21. The van der Waals surface area contributed by atoms with Gasteiger partial charge in [0, 0.05) is 31.9 Å². The zero-order valence-electron chi connectivity index (χ0n) is 17.7. The van der Waals surface area contributed by atoms with Crippen LogP contribution in [-0.4, -0.2) is 62.9 Å². The largest absolute Gasteiger partial charge is 0.379 e. The molecule has 1 saturated heterocycles. The van der Waals surface area contributed by atoms with E-state index in [1.54, 1.807) is 30.3 Å². The summed E-state index contributed by atoms with van der Waals surface area (Å²) >= 11 is 0. The molecule has 2 aromatic rings. The van der Waals surface area contributed by atoms with Crippen LogP contribution in [0.3, 0.4) is 0 Å². The first kappa shape index (κ1) is 23.6. The Kier molecular flexibility index (Phi) is 8.14. The van der Waals surface area contributed by atoms with Gasteiger partial charge in [0.2, 0.25) is 15.9 Å². The summed E-state index contributed by atoms with van der Waals surface area (Å²) in [5.74, 6) is -0.230.